The van der Waals surface area contributed by atoms with Crippen LogP contribution < -0.4 is 0 Å². The Bertz CT molecular complexity index is 964. The number of aromatic nitrogens is 2. The first-order chi connectivity index (χ1) is 12.0. The number of nitrogens with zero attached hydrogens (tertiary/aromatic N) is 3. The van der Waals surface area contributed by atoms with Crippen molar-refractivity contribution in [2.45, 2.75) is 0 Å². The Kier molecular flexibility index (Phi) is 4.34. The van der Waals surface area contributed by atoms with Gasteiger partial charge in [-0.3, -0.25) is 25.3 Å². The largest absolute Gasteiger partial charge is 0.285 e. The highest BCUT2D eigenvalue weighted by Gasteiger charge is 2.21. The Hall–Kier alpha value is -3.81. The second-order valence-corrected chi connectivity index (χ2v) is 5.17. The number of rotatable bonds is 5. The first-order valence-corrected chi connectivity index (χ1v) is 7.26. The fourth-order valence-corrected chi connectivity index (χ4v) is 2.31. The van der Waals surface area contributed by atoms with Crippen molar-refractivity contribution in [2.24, 2.45) is 0 Å². The van der Waals surface area contributed by atoms with Gasteiger partial charge in [0, 0.05) is 6.07 Å². The molecule has 0 fully saturated rings. The van der Waals surface area contributed by atoms with Crippen LogP contribution in [0, 0.1) is 20.2 Å². The third-order valence-electron chi connectivity index (χ3n) is 3.52. The van der Waals surface area contributed by atoms with Crippen molar-refractivity contribution in [3.63, 3.8) is 0 Å². The predicted octanol–water partition coefficient (Wildman–Crippen LogP) is 4.06. The summed E-state index contributed by atoms with van der Waals surface area (Å²) < 4.78 is 0. The van der Waals surface area contributed by atoms with Crippen LogP contribution in [0.5, 0.6) is 0 Å². The zero-order valence-electron chi connectivity index (χ0n) is 12.8. The van der Waals surface area contributed by atoms with E-state index < -0.39 is 9.85 Å². The molecular weight excluding hydrogens is 324 g/mol. The molecular formula is C17H12N4O4. The lowest BCUT2D eigenvalue weighted by molar-refractivity contribution is -0.393. The van der Waals surface area contributed by atoms with Crippen molar-refractivity contribution in [1.29, 1.82) is 0 Å². The van der Waals surface area contributed by atoms with Gasteiger partial charge >= 0.3 is 0 Å². The molecule has 1 heterocycles. The Morgan fingerprint density at radius 2 is 1.68 bits per heavy atom. The lowest BCUT2D eigenvalue weighted by atomic mass is 10.1. The van der Waals surface area contributed by atoms with E-state index in [2.05, 4.69) is 10.2 Å². The molecule has 8 heteroatoms. The lowest BCUT2D eigenvalue weighted by Crippen LogP contribution is -1.95. The van der Waals surface area contributed by atoms with Crippen LogP contribution in [-0.2, 0) is 0 Å². The van der Waals surface area contributed by atoms with E-state index in [0.29, 0.717) is 11.4 Å². The first-order valence-electron chi connectivity index (χ1n) is 7.26. The fraction of sp³-hybridized carbons (Fsp3) is 0. The van der Waals surface area contributed by atoms with Crippen molar-refractivity contribution in [1.82, 2.24) is 10.2 Å². The van der Waals surface area contributed by atoms with Gasteiger partial charge in [0.2, 0.25) is 0 Å². The summed E-state index contributed by atoms with van der Waals surface area (Å²) in [4.78, 5) is 20.7. The summed E-state index contributed by atoms with van der Waals surface area (Å²) >= 11 is 0. The van der Waals surface area contributed by atoms with Crippen molar-refractivity contribution < 1.29 is 9.85 Å². The maximum absolute atomic E-state index is 11.2. The second kappa shape index (κ2) is 6.75. The normalized spacial score (nSPS) is 10.9. The van der Waals surface area contributed by atoms with Crippen LogP contribution in [0.1, 0.15) is 11.3 Å². The average molecular weight is 336 g/mol. The van der Waals surface area contributed by atoms with Crippen LogP contribution in [0.2, 0.25) is 0 Å². The van der Waals surface area contributed by atoms with Crippen LogP contribution in [0.15, 0.2) is 54.6 Å². The molecule has 3 rings (SSSR count). The van der Waals surface area contributed by atoms with E-state index >= 15 is 0 Å². The van der Waals surface area contributed by atoms with Crippen LogP contribution in [0.4, 0.5) is 11.4 Å². The molecule has 0 bridgehead atoms. The van der Waals surface area contributed by atoms with Gasteiger partial charge in [-0.1, -0.05) is 36.4 Å². The molecule has 0 saturated heterocycles. The molecule has 0 amide bonds. The van der Waals surface area contributed by atoms with E-state index in [9.17, 15) is 20.2 Å². The first kappa shape index (κ1) is 16.1. The van der Waals surface area contributed by atoms with E-state index in [1.807, 2.05) is 36.4 Å². The molecule has 0 saturated carbocycles. The summed E-state index contributed by atoms with van der Waals surface area (Å²) in [6, 6.07) is 14.8. The van der Waals surface area contributed by atoms with E-state index in [1.54, 1.807) is 12.1 Å². The van der Waals surface area contributed by atoms with Gasteiger partial charge in [-0.25, -0.2) is 0 Å². The molecule has 0 unspecified atom stereocenters. The van der Waals surface area contributed by atoms with Gasteiger partial charge in [0.15, 0.2) is 0 Å². The number of hydrogen-bond donors (Lipinski definition) is 1. The van der Waals surface area contributed by atoms with Crippen molar-refractivity contribution >= 4 is 23.5 Å². The topological polar surface area (TPSA) is 115 Å². The maximum atomic E-state index is 11.2. The van der Waals surface area contributed by atoms with Crippen molar-refractivity contribution in [3.05, 3.63) is 86.1 Å². The molecule has 124 valence electrons. The molecule has 0 aliphatic heterocycles. The monoisotopic (exact) mass is 336 g/mol. The molecule has 0 radical (unpaired) electrons. The van der Waals surface area contributed by atoms with Gasteiger partial charge in [0.05, 0.1) is 32.9 Å². The number of benzene rings is 2. The van der Waals surface area contributed by atoms with E-state index in [0.717, 1.165) is 11.6 Å². The molecule has 0 aliphatic carbocycles. The molecule has 2 aromatic carbocycles. The zero-order chi connectivity index (χ0) is 17.8. The highest BCUT2D eigenvalue weighted by molar-refractivity contribution is 5.76. The quantitative estimate of drug-likeness (QED) is 0.557. The third-order valence-corrected chi connectivity index (χ3v) is 3.52. The molecule has 0 aliphatic rings. The Morgan fingerprint density at radius 1 is 0.920 bits per heavy atom. The van der Waals surface area contributed by atoms with Gasteiger partial charge in [-0.15, -0.1) is 0 Å². The minimum atomic E-state index is -0.671. The summed E-state index contributed by atoms with van der Waals surface area (Å²) in [6.45, 7) is 0. The number of nitro groups is 2. The van der Waals surface area contributed by atoms with Crippen molar-refractivity contribution in [2.75, 3.05) is 0 Å². The minimum Gasteiger partial charge on any atom is -0.278 e. The Morgan fingerprint density at radius 3 is 2.36 bits per heavy atom. The van der Waals surface area contributed by atoms with Gasteiger partial charge < -0.3 is 0 Å². The fourth-order valence-electron chi connectivity index (χ4n) is 2.31. The van der Waals surface area contributed by atoms with Crippen molar-refractivity contribution in [3.8, 4) is 11.3 Å². The highest BCUT2D eigenvalue weighted by Crippen LogP contribution is 2.32. The number of nitrogens with one attached hydrogen (secondary N) is 1. The second-order valence-electron chi connectivity index (χ2n) is 5.17. The molecule has 3 aromatic rings. The van der Waals surface area contributed by atoms with Gasteiger partial charge in [0.1, 0.15) is 0 Å². The van der Waals surface area contributed by atoms with Crippen LogP contribution in [-0.4, -0.2) is 20.0 Å². The molecule has 1 N–H and O–H groups in total. The van der Waals surface area contributed by atoms with Gasteiger partial charge in [0.25, 0.3) is 11.4 Å². The van der Waals surface area contributed by atoms with E-state index in [4.69, 9.17) is 0 Å². The van der Waals surface area contributed by atoms with E-state index in [1.165, 1.54) is 12.1 Å². The number of hydrogen-bond acceptors (Lipinski definition) is 5. The molecule has 25 heavy (non-hydrogen) atoms. The maximum Gasteiger partial charge on any atom is 0.285 e. The summed E-state index contributed by atoms with van der Waals surface area (Å²) in [6.07, 6.45) is 3.67. The molecule has 1 aromatic heterocycles. The third kappa shape index (κ3) is 3.58. The van der Waals surface area contributed by atoms with Crippen LogP contribution in [0.3, 0.4) is 0 Å². The number of H-pyrrole nitrogens is 1. The predicted molar refractivity (Wildman–Crippen MR) is 92.7 cm³/mol. The Balaban J connectivity index is 1.93. The standard InChI is InChI=1S/C17H12N4O4/c22-20(23)14-8-9-15(17(11-14)21(24)25)16-10-13(18-19-16)7-6-12-4-2-1-3-5-12/h1-11H,(H,18,19)/b7-6+. The molecule has 0 atom stereocenters. The Labute approximate surface area is 141 Å². The number of aromatic amines is 1. The summed E-state index contributed by atoms with van der Waals surface area (Å²) in [5.74, 6) is 0. The highest BCUT2D eigenvalue weighted by atomic mass is 16.6. The smallest absolute Gasteiger partial charge is 0.278 e. The lowest BCUT2D eigenvalue weighted by Gasteiger charge is -1.99. The van der Waals surface area contributed by atoms with E-state index in [-0.39, 0.29) is 16.9 Å². The average Bonchev–Trinajstić information content (AvgIpc) is 3.09. The summed E-state index contributed by atoms with van der Waals surface area (Å²) in [5.41, 5.74) is 1.52. The van der Waals surface area contributed by atoms with Crippen LogP contribution >= 0.6 is 0 Å². The minimum absolute atomic E-state index is 0.214. The molecule has 0 spiro atoms. The van der Waals surface area contributed by atoms with Gasteiger partial charge in [-0.05, 0) is 23.8 Å². The number of nitro benzene ring substituents is 2. The van der Waals surface area contributed by atoms with Gasteiger partial charge in [-0.2, -0.15) is 5.10 Å². The summed E-state index contributed by atoms with van der Waals surface area (Å²) in [7, 11) is 0. The summed E-state index contributed by atoms with van der Waals surface area (Å²) in [5, 5.41) is 28.9. The zero-order valence-corrected chi connectivity index (χ0v) is 12.8. The SMILES string of the molecule is O=[N+]([O-])c1ccc(-c2cc(/C=C/c3ccccc3)[nH]n2)c([N+](=O)[O-])c1. The number of non-ortho nitro benzene ring substituents is 1. The van der Waals surface area contributed by atoms with Crippen LogP contribution in [0.25, 0.3) is 23.4 Å². The molecule has 8 nitrogen and oxygen atoms in total.